The van der Waals surface area contributed by atoms with E-state index in [4.69, 9.17) is 11.6 Å². The van der Waals surface area contributed by atoms with Crippen LogP contribution < -0.4 is 5.32 Å². The molecule has 0 aliphatic rings. The second-order valence-electron chi connectivity index (χ2n) is 3.99. The van der Waals surface area contributed by atoms with Crippen molar-refractivity contribution < 1.29 is 8.78 Å². The van der Waals surface area contributed by atoms with Gasteiger partial charge in [-0.15, -0.1) is 11.3 Å². The van der Waals surface area contributed by atoms with Crippen LogP contribution >= 0.6 is 22.9 Å². The fourth-order valence-electron chi connectivity index (χ4n) is 1.81. The minimum atomic E-state index is -0.577. The van der Waals surface area contributed by atoms with Crippen molar-refractivity contribution in [3.05, 3.63) is 56.2 Å². The highest BCUT2D eigenvalue weighted by Gasteiger charge is 2.19. The van der Waals surface area contributed by atoms with E-state index in [0.29, 0.717) is 9.90 Å². The molecule has 1 aromatic carbocycles. The Morgan fingerprint density at radius 2 is 2.00 bits per heavy atom. The second kappa shape index (κ2) is 5.34. The molecule has 0 aliphatic heterocycles. The molecule has 1 N–H and O–H groups in total. The highest BCUT2D eigenvalue weighted by Crippen LogP contribution is 2.34. The highest BCUT2D eigenvalue weighted by molar-refractivity contribution is 7.16. The first kappa shape index (κ1) is 13.5. The van der Waals surface area contributed by atoms with Gasteiger partial charge in [-0.1, -0.05) is 17.7 Å². The van der Waals surface area contributed by atoms with Crippen molar-refractivity contribution in [2.24, 2.45) is 0 Å². The van der Waals surface area contributed by atoms with Crippen LogP contribution in [0.5, 0.6) is 0 Å². The molecule has 0 aliphatic carbocycles. The fourth-order valence-corrected chi connectivity index (χ4v) is 3.16. The molecule has 0 amide bonds. The van der Waals surface area contributed by atoms with Gasteiger partial charge in [0.15, 0.2) is 0 Å². The molecule has 1 aromatic heterocycles. The number of benzene rings is 1. The van der Waals surface area contributed by atoms with Gasteiger partial charge < -0.3 is 5.32 Å². The molecule has 2 aromatic rings. The zero-order chi connectivity index (χ0) is 13.3. The summed E-state index contributed by atoms with van der Waals surface area (Å²) in [5.74, 6) is -1.14. The number of halogens is 3. The highest BCUT2D eigenvalue weighted by atomic mass is 35.5. The van der Waals surface area contributed by atoms with Gasteiger partial charge in [-0.3, -0.25) is 0 Å². The Kier molecular flexibility index (Phi) is 4.00. The minimum absolute atomic E-state index is 0.318. The maximum atomic E-state index is 13.8. The van der Waals surface area contributed by atoms with Gasteiger partial charge in [0.05, 0.1) is 10.4 Å². The van der Waals surface area contributed by atoms with Crippen molar-refractivity contribution in [1.82, 2.24) is 5.32 Å². The summed E-state index contributed by atoms with van der Waals surface area (Å²) < 4.78 is 27.4. The van der Waals surface area contributed by atoms with Gasteiger partial charge in [0, 0.05) is 16.5 Å². The first-order valence-electron chi connectivity index (χ1n) is 5.41. The Morgan fingerprint density at radius 3 is 2.50 bits per heavy atom. The van der Waals surface area contributed by atoms with E-state index in [1.165, 1.54) is 23.5 Å². The van der Waals surface area contributed by atoms with Gasteiger partial charge in [-0.05, 0) is 31.7 Å². The monoisotopic (exact) mass is 287 g/mol. The summed E-state index contributed by atoms with van der Waals surface area (Å²) in [5.41, 5.74) is 1.37. The minimum Gasteiger partial charge on any atom is -0.309 e. The predicted molar refractivity (Wildman–Crippen MR) is 71.3 cm³/mol. The lowest BCUT2D eigenvalue weighted by Crippen LogP contribution is -2.18. The van der Waals surface area contributed by atoms with E-state index in [2.05, 4.69) is 5.32 Å². The number of hydrogen-bond donors (Lipinski definition) is 1. The molecule has 0 bridgehead atoms. The lowest BCUT2D eigenvalue weighted by atomic mass is 10.0. The van der Waals surface area contributed by atoms with Crippen LogP contribution in [0.15, 0.2) is 24.3 Å². The van der Waals surface area contributed by atoms with Gasteiger partial charge in [0.25, 0.3) is 0 Å². The maximum absolute atomic E-state index is 13.8. The largest absolute Gasteiger partial charge is 0.309 e. The maximum Gasteiger partial charge on any atom is 0.131 e. The summed E-state index contributed by atoms with van der Waals surface area (Å²) in [6.07, 6.45) is 0. The summed E-state index contributed by atoms with van der Waals surface area (Å²) in [4.78, 5) is 0.908. The summed E-state index contributed by atoms with van der Waals surface area (Å²) in [5, 5.41) is 3.02. The number of thiophene rings is 1. The Bertz CT molecular complexity index is 549. The van der Waals surface area contributed by atoms with E-state index >= 15 is 0 Å². The molecule has 0 saturated heterocycles. The first-order chi connectivity index (χ1) is 8.52. The third-order valence-electron chi connectivity index (χ3n) is 2.72. The van der Waals surface area contributed by atoms with Gasteiger partial charge in [0.1, 0.15) is 11.6 Å². The Hall–Kier alpha value is -0.970. The molecule has 1 atom stereocenters. The molecule has 1 heterocycles. The van der Waals surface area contributed by atoms with Crippen LogP contribution in [-0.2, 0) is 0 Å². The third kappa shape index (κ3) is 2.55. The number of nitrogens with one attached hydrogen (secondary N) is 1. The number of hydrogen-bond acceptors (Lipinski definition) is 2. The van der Waals surface area contributed by atoms with Crippen molar-refractivity contribution in [3.8, 4) is 0 Å². The molecule has 18 heavy (non-hydrogen) atoms. The average molecular weight is 288 g/mol. The quantitative estimate of drug-likeness (QED) is 0.888. The van der Waals surface area contributed by atoms with Crippen LogP contribution in [0.4, 0.5) is 8.78 Å². The van der Waals surface area contributed by atoms with Gasteiger partial charge in [-0.2, -0.15) is 0 Å². The van der Waals surface area contributed by atoms with E-state index in [0.717, 1.165) is 16.5 Å². The zero-order valence-corrected chi connectivity index (χ0v) is 11.5. The molecule has 1 nitrogen and oxygen atoms in total. The lowest BCUT2D eigenvalue weighted by Gasteiger charge is -2.15. The topological polar surface area (TPSA) is 12.0 Å². The van der Waals surface area contributed by atoms with Crippen LogP contribution in [0.3, 0.4) is 0 Å². The van der Waals surface area contributed by atoms with E-state index in [9.17, 15) is 8.78 Å². The third-order valence-corrected chi connectivity index (χ3v) is 4.34. The second-order valence-corrected chi connectivity index (χ2v) is 5.68. The summed E-state index contributed by atoms with van der Waals surface area (Å²) >= 11 is 7.42. The summed E-state index contributed by atoms with van der Waals surface area (Å²) in [6.45, 7) is 1.90. The predicted octanol–water partition coefficient (Wildman–Crippen LogP) is 4.30. The van der Waals surface area contributed by atoms with Gasteiger partial charge in [-0.25, -0.2) is 8.78 Å². The Morgan fingerprint density at radius 1 is 1.28 bits per heavy atom. The SMILES string of the molecule is CNC(c1cc(C)c(Cl)s1)c1ccc(F)cc1F. The standard InChI is InChI=1S/C13H12ClF2NS/c1-7-5-11(18-13(7)14)12(17-2)9-4-3-8(15)6-10(9)16/h3-6,12,17H,1-2H3. The van der Waals surface area contributed by atoms with Crippen molar-refractivity contribution >= 4 is 22.9 Å². The van der Waals surface area contributed by atoms with E-state index in [1.807, 2.05) is 13.0 Å². The van der Waals surface area contributed by atoms with E-state index in [1.54, 1.807) is 7.05 Å². The molecular weight excluding hydrogens is 276 g/mol. The summed E-state index contributed by atoms with van der Waals surface area (Å²) in [6, 6.07) is 5.19. The molecule has 0 radical (unpaired) electrons. The molecule has 1 unspecified atom stereocenters. The molecule has 5 heteroatoms. The lowest BCUT2D eigenvalue weighted by molar-refractivity contribution is 0.553. The zero-order valence-electron chi connectivity index (χ0n) is 9.93. The fraction of sp³-hybridized carbons (Fsp3) is 0.231. The molecular formula is C13H12ClF2NS. The van der Waals surface area contributed by atoms with Crippen LogP contribution in [0, 0.1) is 18.6 Å². The molecule has 96 valence electrons. The summed E-state index contributed by atoms with van der Waals surface area (Å²) in [7, 11) is 1.73. The van der Waals surface area contributed by atoms with Gasteiger partial charge in [0.2, 0.25) is 0 Å². The Balaban J connectivity index is 2.45. The van der Waals surface area contributed by atoms with Crippen molar-refractivity contribution in [2.45, 2.75) is 13.0 Å². The van der Waals surface area contributed by atoms with Crippen LogP contribution in [0.2, 0.25) is 4.34 Å². The van der Waals surface area contributed by atoms with Gasteiger partial charge >= 0.3 is 0 Å². The number of rotatable bonds is 3. The van der Waals surface area contributed by atoms with E-state index in [-0.39, 0.29) is 6.04 Å². The Labute approximate surface area is 113 Å². The van der Waals surface area contributed by atoms with Crippen LogP contribution in [0.1, 0.15) is 22.0 Å². The number of aryl methyl sites for hydroxylation is 1. The van der Waals surface area contributed by atoms with Crippen molar-refractivity contribution in [1.29, 1.82) is 0 Å². The van der Waals surface area contributed by atoms with E-state index < -0.39 is 11.6 Å². The molecule has 0 spiro atoms. The molecule has 2 rings (SSSR count). The first-order valence-corrected chi connectivity index (χ1v) is 6.60. The average Bonchev–Trinajstić information content (AvgIpc) is 2.63. The van der Waals surface area contributed by atoms with Crippen molar-refractivity contribution in [3.63, 3.8) is 0 Å². The van der Waals surface area contributed by atoms with Crippen molar-refractivity contribution in [2.75, 3.05) is 7.05 Å². The normalized spacial score (nSPS) is 12.7. The molecule has 0 fully saturated rings. The smallest absolute Gasteiger partial charge is 0.131 e. The van der Waals surface area contributed by atoms with Crippen LogP contribution in [-0.4, -0.2) is 7.05 Å². The van der Waals surface area contributed by atoms with Crippen LogP contribution in [0.25, 0.3) is 0 Å². The molecule has 0 saturated carbocycles.